The molecule has 1 atom stereocenters. The maximum absolute atomic E-state index is 14.7. The largest absolute Gasteiger partial charge is 0.487 e. The van der Waals surface area contributed by atoms with Gasteiger partial charge in [0, 0.05) is 42.7 Å². The van der Waals surface area contributed by atoms with Crippen molar-refractivity contribution in [2.75, 3.05) is 18.4 Å². The Hall–Kier alpha value is -4.61. The highest BCUT2D eigenvalue weighted by Gasteiger charge is 2.62. The van der Waals surface area contributed by atoms with Crippen molar-refractivity contribution >= 4 is 29.3 Å². The van der Waals surface area contributed by atoms with E-state index < -0.39 is 41.2 Å². The average molecular weight is 711 g/mol. The standard InChI is InChI=1S/C30H32ClF5N10O3/c1-17(12-45-16-39-42-43-45)48-23-7-18(5-6-21(23)31)19-10-37-25(38-11-19)40-22-13-46(41-24(22)29(32,33)30(34,35)36)20-8-28(9-20)14-44(15-28)26(47)49-27(2,3)4/h5-7,10-11,13,16-17,20H,8-9,12,14-15H2,1-4H3,(H,37,38,40)/t17-/m0/s1. The maximum atomic E-state index is 14.7. The number of likely N-dealkylation sites (tertiary alicyclic amines) is 1. The number of tetrazole rings is 1. The van der Waals surface area contributed by atoms with Crippen LogP contribution in [-0.2, 0) is 17.2 Å². The minimum absolute atomic E-state index is 0.222. The number of amides is 1. The van der Waals surface area contributed by atoms with E-state index in [-0.39, 0.29) is 17.5 Å². The van der Waals surface area contributed by atoms with E-state index in [0.717, 1.165) is 10.9 Å². The Kier molecular flexibility index (Phi) is 8.65. The first-order valence-electron chi connectivity index (χ1n) is 15.2. The molecule has 1 spiro atoms. The number of benzene rings is 1. The summed E-state index contributed by atoms with van der Waals surface area (Å²) < 4.78 is 83.9. The van der Waals surface area contributed by atoms with Gasteiger partial charge in [0.05, 0.1) is 23.3 Å². The van der Waals surface area contributed by atoms with Crippen LogP contribution in [-0.4, -0.2) is 81.9 Å². The third-order valence-corrected chi connectivity index (χ3v) is 8.44. The number of anilines is 2. The van der Waals surface area contributed by atoms with E-state index in [1.165, 1.54) is 23.4 Å². The molecule has 13 nitrogen and oxygen atoms in total. The summed E-state index contributed by atoms with van der Waals surface area (Å²) in [5.41, 5.74) is -1.90. The number of ether oxygens (including phenoxy) is 2. The van der Waals surface area contributed by atoms with E-state index in [4.69, 9.17) is 21.1 Å². The summed E-state index contributed by atoms with van der Waals surface area (Å²) in [5.74, 6) is -5.11. The molecule has 4 heterocycles. The van der Waals surface area contributed by atoms with E-state index in [2.05, 4.69) is 35.9 Å². The molecule has 6 rings (SSSR count). The van der Waals surface area contributed by atoms with E-state index in [9.17, 15) is 26.7 Å². The Balaban J connectivity index is 1.15. The van der Waals surface area contributed by atoms with Crippen molar-refractivity contribution < 1.29 is 36.2 Å². The van der Waals surface area contributed by atoms with Crippen LogP contribution in [0, 0.1) is 5.41 Å². The van der Waals surface area contributed by atoms with Crippen LogP contribution in [0.4, 0.5) is 38.4 Å². The normalized spacial score (nSPS) is 17.0. The zero-order valence-corrected chi connectivity index (χ0v) is 27.5. The average Bonchev–Trinajstić information content (AvgIpc) is 3.62. The second kappa shape index (κ2) is 12.4. The van der Waals surface area contributed by atoms with Gasteiger partial charge >= 0.3 is 18.2 Å². The van der Waals surface area contributed by atoms with Crippen LogP contribution in [0.3, 0.4) is 0 Å². The SMILES string of the molecule is C[C@@H](Cn1cnnn1)Oc1cc(-c2cnc(Nc3cn(C4CC5(C4)CN(C(=O)OC(C)(C)C)C5)nc3C(F)(F)C(F)(F)F)nc2)ccc1Cl. The Morgan fingerprint density at radius 3 is 2.41 bits per heavy atom. The number of rotatable bonds is 9. The van der Waals surface area contributed by atoms with Crippen LogP contribution in [0.2, 0.25) is 5.02 Å². The Bertz CT molecular complexity index is 1800. The van der Waals surface area contributed by atoms with E-state index in [1.807, 2.05) is 6.92 Å². The first kappa shape index (κ1) is 34.3. The predicted octanol–water partition coefficient (Wildman–Crippen LogP) is 6.42. The quantitative estimate of drug-likeness (QED) is 0.194. The van der Waals surface area contributed by atoms with Gasteiger partial charge in [0.25, 0.3) is 0 Å². The molecule has 2 fully saturated rings. The molecule has 262 valence electrons. The lowest BCUT2D eigenvalue weighted by molar-refractivity contribution is -0.290. The topological polar surface area (TPSA) is 138 Å². The minimum Gasteiger partial charge on any atom is -0.487 e. The highest BCUT2D eigenvalue weighted by atomic mass is 35.5. The van der Waals surface area contributed by atoms with Gasteiger partial charge in [-0.15, -0.1) is 5.10 Å². The number of nitrogens with one attached hydrogen (secondary N) is 1. The number of hydrogen-bond donors (Lipinski definition) is 1. The van der Waals surface area contributed by atoms with Crippen molar-refractivity contribution in [2.45, 2.75) is 76.9 Å². The molecule has 4 aromatic rings. The van der Waals surface area contributed by atoms with Crippen molar-refractivity contribution in [3.8, 4) is 16.9 Å². The summed E-state index contributed by atoms with van der Waals surface area (Å²) in [7, 11) is 0. The molecule has 0 bridgehead atoms. The molecule has 2 aliphatic rings. The molecule has 1 aliphatic carbocycles. The molecule has 1 saturated heterocycles. The van der Waals surface area contributed by atoms with Crippen LogP contribution in [0.15, 0.2) is 43.1 Å². The number of hydrogen-bond acceptors (Lipinski definition) is 10. The van der Waals surface area contributed by atoms with E-state index in [0.29, 0.717) is 54.4 Å². The van der Waals surface area contributed by atoms with Gasteiger partial charge in [-0.25, -0.2) is 19.4 Å². The molecule has 1 aromatic carbocycles. The molecule has 19 heteroatoms. The lowest BCUT2D eigenvalue weighted by Crippen LogP contribution is -2.64. The van der Waals surface area contributed by atoms with Crippen molar-refractivity contribution in [1.29, 1.82) is 0 Å². The number of carbonyl (C=O) groups excluding carboxylic acids is 1. The van der Waals surface area contributed by atoms with Crippen LogP contribution in [0.1, 0.15) is 52.3 Å². The second-order valence-corrected chi connectivity index (χ2v) is 13.8. The molecular weight excluding hydrogens is 679 g/mol. The molecule has 1 aliphatic heterocycles. The van der Waals surface area contributed by atoms with Gasteiger partial charge < -0.3 is 19.7 Å². The van der Waals surface area contributed by atoms with Gasteiger partial charge in [-0.1, -0.05) is 17.7 Å². The van der Waals surface area contributed by atoms with Crippen LogP contribution >= 0.6 is 11.6 Å². The number of aromatic nitrogens is 8. The predicted molar refractivity (Wildman–Crippen MR) is 164 cm³/mol. The number of alkyl halides is 5. The summed E-state index contributed by atoms with van der Waals surface area (Å²) in [4.78, 5) is 22.2. The van der Waals surface area contributed by atoms with Crippen LogP contribution in [0.25, 0.3) is 11.1 Å². The summed E-state index contributed by atoms with van der Waals surface area (Å²) in [6.07, 6.45) is -0.511. The smallest absolute Gasteiger partial charge is 0.459 e. The van der Waals surface area contributed by atoms with Gasteiger partial charge in [0.15, 0.2) is 5.69 Å². The molecular formula is C30H32ClF5N10O3. The Labute approximate surface area is 281 Å². The lowest BCUT2D eigenvalue weighted by atomic mass is 9.61. The highest BCUT2D eigenvalue weighted by molar-refractivity contribution is 6.32. The molecule has 1 saturated carbocycles. The Morgan fingerprint density at radius 1 is 1.10 bits per heavy atom. The summed E-state index contributed by atoms with van der Waals surface area (Å²) >= 11 is 6.33. The van der Waals surface area contributed by atoms with E-state index in [1.54, 1.807) is 43.9 Å². The summed E-state index contributed by atoms with van der Waals surface area (Å²) in [6.45, 7) is 8.23. The first-order valence-corrected chi connectivity index (χ1v) is 15.6. The molecule has 0 radical (unpaired) electrons. The van der Waals surface area contributed by atoms with Gasteiger partial charge in [0.1, 0.15) is 23.8 Å². The summed E-state index contributed by atoms with van der Waals surface area (Å²) in [6, 6.07) is 4.53. The van der Waals surface area contributed by atoms with Crippen molar-refractivity contribution in [2.24, 2.45) is 5.41 Å². The summed E-state index contributed by atoms with van der Waals surface area (Å²) in [5, 5.41) is 17.5. The second-order valence-electron chi connectivity index (χ2n) is 13.4. The fourth-order valence-electron chi connectivity index (χ4n) is 5.86. The van der Waals surface area contributed by atoms with Gasteiger partial charge in [-0.3, -0.25) is 4.68 Å². The van der Waals surface area contributed by atoms with Gasteiger partial charge in [-0.05, 0) is 68.7 Å². The number of nitrogens with zero attached hydrogens (tertiary/aromatic N) is 9. The molecule has 49 heavy (non-hydrogen) atoms. The monoisotopic (exact) mass is 710 g/mol. The fraction of sp³-hybridized carbons (Fsp3) is 0.500. The fourth-order valence-corrected chi connectivity index (χ4v) is 6.02. The highest BCUT2D eigenvalue weighted by Crippen LogP contribution is 2.55. The molecule has 1 N–H and O–H groups in total. The third kappa shape index (κ3) is 7.23. The third-order valence-electron chi connectivity index (χ3n) is 8.13. The molecule has 3 aromatic heterocycles. The number of carbonyl (C=O) groups is 1. The van der Waals surface area contributed by atoms with Crippen LogP contribution < -0.4 is 10.1 Å². The Morgan fingerprint density at radius 2 is 1.80 bits per heavy atom. The zero-order valence-electron chi connectivity index (χ0n) is 26.7. The lowest BCUT2D eigenvalue weighted by Gasteiger charge is -2.58. The van der Waals surface area contributed by atoms with Crippen molar-refractivity contribution in [1.82, 2.24) is 44.9 Å². The zero-order chi connectivity index (χ0) is 35.4. The number of halogens is 6. The van der Waals surface area contributed by atoms with Crippen molar-refractivity contribution in [3.05, 3.63) is 53.8 Å². The van der Waals surface area contributed by atoms with Crippen molar-refractivity contribution in [3.63, 3.8) is 0 Å². The minimum atomic E-state index is -5.89. The maximum Gasteiger partial charge on any atom is 0.459 e. The van der Waals surface area contributed by atoms with E-state index >= 15 is 0 Å². The van der Waals surface area contributed by atoms with Crippen LogP contribution in [0.5, 0.6) is 5.75 Å². The molecule has 0 unspecified atom stereocenters. The first-order chi connectivity index (χ1) is 22.9. The van der Waals surface area contributed by atoms with Gasteiger partial charge in [-0.2, -0.15) is 27.1 Å². The van der Waals surface area contributed by atoms with Gasteiger partial charge in [0.2, 0.25) is 5.95 Å². The molecule has 1 amide bonds.